The van der Waals surface area contributed by atoms with Crippen LogP contribution in [0.4, 0.5) is 5.82 Å². The van der Waals surface area contributed by atoms with Gasteiger partial charge in [-0.15, -0.1) is 0 Å². The van der Waals surface area contributed by atoms with Crippen LogP contribution in [-0.2, 0) is 6.54 Å². The van der Waals surface area contributed by atoms with Crippen molar-refractivity contribution >= 4 is 5.82 Å². The summed E-state index contributed by atoms with van der Waals surface area (Å²) in [5.74, 6) is 0.761. The first-order chi connectivity index (χ1) is 7.67. The largest absolute Gasteiger partial charge is 0.372 e. The number of rotatable bonds is 5. The van der Waals surface area contributed by atoms with Crippen molar-refractivity contribution in [1.29, 1.82) is 5.26 Å². The van der Waals surface area contributed by atoms with Crippen LogP contribution in [0.2, 0.25) is 0 Å². The average Bonchev–Trinajstić information content (AvgIpc) is 2.30. The normalized spacial score (nSPS) is 12.2. The molecule has 0 aliphatic carbocycles. The zero-order valence-electron chi connectivity index (χ0n) is 9.94. The number of anilines is 1. The van der Waals surface area contributed by atoms with Gasteiger partial charge in [0.05, 0.1) is 30.6 Å². The fourth-order valence-corrected chi connectivity index (χ4v) is 1.26. The van der Waals surface area contributed by atoms with Crippen molar-refractivity contribution in [1.82, 2.24) is 14.9 Å². The van der Waals surface area contributed by atoms with E-state index in [1.54, 1.807) is 12.4 Å². The van der Waals surface area contributed by atoms with Crippen LogP contribution in [-0.4, -0.2) is 35.0 Å². The monoisotopic (exact) mass is 219 g/mol. The van der Waals surface area contributed by atoms with Gasteiger partial charge < -0.3 is 5.32 Å². The van der Waals surface area contributed by atoms with Crippen LogP contribution < -0.4 is 5.32 Å². The van der Waals surface area contributed by atoms with Crippen molar-refractivity contribution in [2.45, 2.75) is 25.9 Å². The van der Waals surface area contributed by atoms with Crippen LogP contribution in [0.3, 0.4) is 0 Å². The van der Waals surface area contributed by atoms with Gasteiger partial charge in [-0.2, -0.15) is 5.26 Å². The minimum absolute atomic E-state index is 0.232. The summed E-state index contributed by atoms with van der Waals surface area (Å²) in [7, 11) is 3.79. The Kier molecular flexibility index (Phi) is 4.67. The van der Waals surface area contributed by atoms with Gasteiger partial charge in [-0.25, -0.2) is 4.98 Å². The number of nitriles is 1. The quantitative estimate of drug-likeness (QED) is 0.807. The van der Waals surface area contributed by atoms with E-state index in [2.05, 4.69) is 26.3 Å². The number of aromatic nitrogens is 2. The second-order valence-corrected chi connectivity index (χ2v) is 3.77. The molecule has 1 rings (SSSR count). The molecular weight excluding hydrogens is 202 g/mol. The van der Waals surface area contributed by atoms with Crippen LogP contribution in [0.1, 0.15) is 19.0 Å². The smallest absolute Gasteiger partial charge is 0.144 e. The van der Waals surface area contributed by atoms with Gasteiger partial charge in [-0.1, -0.05) is 0 Å². The van der Waals surface area contributed by atoms with Crippen molar-refractivity contribution in [3.8, 4) is 6.07 Å². The Morgan fingerprint density at radius 2 is 2.25 bits per heavy atom. The van der Waals surface area contributed by atoms with E-state index in [4.69, 9.17) is 5.26 Å². The van der Waals surface area contributed by atoms with E-state index in [-0.39, 0.29) is 6.04 Å². The average molecular weight is 219 g/mol. The predicted octanol–water partition coefficient (Wildman–Crippen LogP) is 1.25. The van der Waals surface area contributed by atoms with Gasteiger partial charge in [-0.05, 0) is 14.0 Å². The molecule has 0 amide bonds. The molecule has 0 saturated heterocycles. The molecule has 1 unspecified atom stereocenters. The number of hydrogen-bond donors (Lipinski definition) is 1. The van der Waals surface area contributed by atoms with Gasteiger partial charge in [0.1, 0.15) is 5.82 Å². The summed E-state index contributed by atoms with van der Waals surface area (Å²) < 4.78 is 0. The molecule has 0 fully saturated rings. The highest BCUT2D eigenvalue weighted by molar-refractivity contribution is 5.29. The van der Waals surface area contributed by atoms with E-state index >= 15 is 0 Å². The van der Waals surface area contributed by atoms with Gasteiger partial charge in [0.2, 0.25) is 0 Å². The summed E-state index contributed by atoms with van der Waals surface area (Å²) >= 11 is 0. The lowest BCUT2D eigenvalue weighted by atomic mass is 10.2. The van der Waals surface area contributed by atoms with E-state index < -0.39 is 0 Å². The third kappa shape index (κ3) is 3.48. The summed E-state index contributed by atoms with van der Waals surface area (Å²) in [5.41, 5.74) is 0.909. The Morgan fingerprint density at radius 3 is 2.75 bits per heavy atom. The molecule has 1 heterocycles. The van der Waals surface area contributed by atoms with Crippen molar-refractivity contribution in [3.63, 3.8) is 0 Å². The van der Waals surface area contributed by atoms with E-state index in [0.717, 1.165) is 11.5 Å². The highest BCUT2D eigenvalue weighted by atomic mass is 15.1. The second kappa shape index (κ2) is 6.03. The topological polar surface area (TPSA) is 64.8 Å². The highest BCUT2D eigenvalue weighted by Gasteiger charge is 2.09. The van der Waals surface area contributed by atoms with Gasteiger partial charge in [0, 0.05) is 19.6 Å². The Balaban J connectivity index is 2.56. The Bertz CT molecular complexity index is 354. The minimum atomic E-state index is 0.232. The highest BCUT2D eigenvalue weighted by Crippen LogP contribution is 2.06. The summed E-state index contributed by atoms with van der Waals surface area (Å²) in [6.07, 6.45) is 3.98. The molecule has 0 spiro atoms. The summed E-state index contributed by atoms with van der Waals surface area (Å²) in [6, 6.07) is 2.40. The fourth-order valence-electron chi connectivity index (χ4n) is 1.26. The third-order valence-corrected chi connectivity index (χ3v) is 2.51. The first-order valence-electron chi connectivity index (χ1n) is 5.23. The van der Waals surface area contributed by atoms with Crippen LogP contribution >= 0.6 is 0 Å². The Labute approximate surface area is 96.1 Å². The Hall–Kier alpha value is -1.67. The first kappa shape index (κ1) is 12.4. The molecule has 1 atom stereocenters. The molecule has 5 heteroatoms. The molecule has 5 nitrogen and oxygen atoms in total. The molecule has 1 N–H and O–H groups in total. The molecule has 0 bridgehead atoms. The molecule has 0 radical (unpaired) electrons. The zero-order valence-corrected chi connectivity index (χ0v) is 9.94. The minimum Gasteiger partial charge on any atom is -0.372 e. The third-order valence-electron chi connectivity index (χ3n) is 2.51. The molecule has 86 valence electrons. The van der Waals surface area contributed by atoms with Gasteiger partial charge in [-0.3, -0.25) is 9.88 Å². The maximum absolute atomic E-state index is 8.61. The van der Waals surface area contributed by atoms with Crippen LogP contribution in [0.15, 0.2) is 12.4 Å². The number of nitrogens with one attached hydrogen (secondary N) is 1. The lowest BCUT2D eigenvalue weighted by Gasteiger charge is -2.21. The molecule has 0 aliphatic heterocycles. The summed E-state index contributed by atoms with van der Waals surface area (Å²) in [4.78, 5) is 10.6. The number of nitrogens with zero attached hydrogens (tertiary/aromatic N) is 4. The molecule has 0 aliphatic rings. The zero-order chi connectivity index (χ0) is 12.0. The molecular formula is C11H17N5. The fraction of sp³-hybridized carbons (Fsp3) is 0.545. The molecule has 1 aromatic heterocycles. The predicted molar refractivity (Wildman–Crippen MR) is 62.7 cm³/mol. The van der Waals surface area contributed by atoms with Crippen molar-refractivity contribution in [3.05, 3.63) is 18.1 Å². The van der Waals surface area contributed by atoms with E-state index in [1.165, 1.54) is 0 Å². The van der Waals surface area contributed by atoms with Crippen LogP contribution in [0.5, 0.6) is 0 Å². The van der Waals surface area contributed by atoms with Crippen LogP contribution in [0, 0.1) is 11.3 Å². The van der Waals surface area contributed by atoms with Crippen molar-refractivity contribution in [2.24, 2.45) is 0 Å². The molecule has 1 aromatic rings. The van der Waals surface area contributed by atoms with Gasteiger partial charge in [0.15, 0.2) is 0 Å². The molecule has 0 aromatic carbocycles. The maximum Gasteiger partial charge on any atom is 0.144 e. The van der Waals surface area contributed by atoms with Gasteiger partial charge in [0.25, 0.3) is 0 Å². The van der Waals surface area contributed by atoms with Crippen molar-refractivity contribution in [2.75, 3.05) is 19.4 Å². The van der Waals surface area contributed by atoms with E-state index in [1.807, 2.05) is 21.0 Å². The number of hydrogen-bond acceptors (Lipinski definition) is 5. The molecule has 0 saturated carbocycles. The lowest BCUT2D eigenvalue weighted by Crippen LogP contribution is -2.28. The second-order valence-electron chi connectivity index (χ2n) is 3.77. The molecule has 16 heavy (non-hydrogen) atoms. The Morgan fingerprint density at radius 1 is 1.50 bits per heavy atom. The standard InChI is InChI=1S/C11H17N5/c1-9(4-5-12)16(3)8-10-6-15-11(13-2)7-14-10/h6-7,9H,4,8H2,1-3H3,(H,13,15). The SMILES string of the molecule is CNc1cnc(CN(C)C(C)CC#N)cn1. The summed E-state index contributed by atoms with van der Waals surface area (Å²) in [5, 5.41) is 11.5. The van der Waals surface area contributed by atoms with Crippen LogP contribution in [0.25, 0.3) is 0 Å². The first-order valence-corrected chi connectivity index (χ1v) is 5.23. The van der Waals surface area contributed by atoms with E-state index in [9.17, 15) is 0 Å². The van der Waals surface area contributed by atoms with Gasteiger partial charge >= 0.3 is 0 Å². The lowest BCUT2D eigenvalue weighted by molar-refractivity contribution is 0.249. The van der Waals surface area contributed by atoms with Crippen molar-refractivity contribution < 1.29 is 0 Å². The maximum atomic E-state index is 8.61. The summed E-state index contributed by atoms with van der Waals surface area (Å²) in [6.45, 7) is 2.73. The van der Waals surface area contributed by atoms with E-state index in [0.29, 0.717) is 13.0 Å².